The number of rotatable bonds is 4. The van der Waals surface area contributed by atoms with Crippen molar-refractivity contribution in [2.45, 2.75) is 45.6 Å². The maximum Gasteiger partial charge on any atom is 0.292 e. The highest BCUT2D eigenvalue weighted by atomic mass is 19.1. The van der Waals surface area contributed by atoms with E-state index in [9.17, 15) is 14.5 Å². The predicted molar refractivity (Wildman–Crippen MR) is 77.3 cm³/mol. The molecule has 1 aliphatic carbocycles. The first kappa shape index (κ1) is 14.8. The number of hydrogen-bond donors (Lipinski definition) is 1. The van der Waals surface area contributed by atoms with Crippen molar-refractivity contribution in [1.29, 1.82) is 0 Å². The van der Waals surface area contributed by atoms with Crippen LogP contribution in [0.1, 0.15) is 39.5 Å². The summed E-state index contributed by atoms with van der Waals surface area (Å²) in [6.45, 7) is 4.41. The van der Waals surface area contributed by atoms with Gasteiger partial charge in [-0.25, -0.2) is 4.39 Å². The van der Waals surface area contributed by atoms with Crippen molar-refractivity contribution in [2.75, 3.05) is 5.32 Å². The first-order valence-corrected chi connectivity index (χ1v) is 7.18. The van der Waals surface area contributed by atoms with Crippen molar-refractivity contribution in [2.24, 2.45) is 11.8 Å². The van der Waals surface area contributed by atoms with Crippen molar-refractivity contribution in [3.05, 3.63) is 34.1 Å². The van der Waals surface area contributed by atoms with E-state index in [4.69, 9.17) is 0 Å². The molecule has 2 unspecified atom stereocenters. The predicted octanol–water partition coefficient (Wildman–Crippen LogP) is 4.36. The fourth-order valence-electron chi connectivity index (χ4n) is 2.97. The zero-order valence-electron chi connectivity index (χ0n) is 11.9. The average Bonchev–Trinajstić information content (AvgIpc) is 2.38. The van der Waals surface area contributed by atoms with E-state index in [2.05, 4.69) is 19.2 Å². The molecule has 2 atom stereocenters. The maximum absolute atomic E-state index is 13.3. The van der Waals surface area contributed by atoms with Gasteiger partial charge in [0.1, 0.15) is 11.5 Å². The normalized spacial score (nSPS) is 22.8. The lowest BCUT2D eigenvalue weighted by atomic mass is 9.79. The standard InChI is InChI=1S/C15H21FN2O2/c1-10(2)11-4-3-5-13(8-11)17-14-9-12(16)6-7-15(14)18(19)20/h6-7,9-11,13,17H,3-5,8H2,1-2H3. The molecule has 1 fully saturated rings. The highest BCUT2D eigenvalue weighted by Gasteiger charge is 2.26. The van der Waals surface area contributed by atoms with Gasteiger partial charge in [-0.15, -0.1) is 0 Å². The summed E-state index contributed by atoms with van der Waals surface area (Å²) in [5.74, 6) is 0.797. The third-order valence-corrected chi connectivity index (χ3v) is 4.17. The molecule has 0 saturated heterocycles. The summed E-state index contributed by atoms with van der Waals surface area (Å²) in [5.41, 5.74) is 0.238. The Hall–Kier alpha value is -1.65. The summed E-state index contributed by atoms with van der Waals surface area (Å²) in [4.78, 5) is 10.5. The first-order chi connectivity index (χ1) is 9.47. The molecule has 1 aromatic carbocycles. The minimum absolute atomic E-state index is 0.0573. The van der Waals surface area contributed by atoms with E-state index >= 15 is 0 Å². The molecule has 20 heavy (non-hydrogen) atoms. The number of halogens is 1. The zero-order valence-corrected chi connectivity index (χ0v) is 11.9. The van der Waals surface area contributed by atoms with Crippen LogP contribution < -0.4 is 5.32 Å². The third kappa shape index (κ3) is 3.46. The molecule has 0 heterocycles. The van der Waals surface area contributed by atoms with Crippen LogP contribution in [0.2, 0.25) is 0 Å². The second kappa shape index (κ2) is 6.20. The molecule has 1 saturated carbocycles. The lowest BCUT2D eigenvalue weighted by molar-refractivity contribution is -0.384. The molecular formula is C15H21FN2O2. The number of benzene rings is 1. The van der Waals surface area contributed by atoms with E-state index in [1.807, 2.05) is 0 Å². The van der Waals surface area contributed by atoms with Gasteiger partial charge in [0.2, 0.25) is 0 Å². The average molecular weight is 280 g/mol. The van der Waals surface area contributed by atoms with Gasteiger partial charge in [-0.2, -0.15) is 0 Å². The molecule has 0 aliphatic heterocycles. The Balaban J connectivity index is 2.13. The highest BCUT2D eigenvalue weighted by Crippen LogP contribution is 2.33. The lowest BCUT2D eigenvalue weighted by Gasteiger charge is -2.32. The van der Waals surface area contributed by atoms with Crippen molar-refractivity contribution in [3.8, 4) is 0 Å². The summed E-state index contributed by atoms with van der Waals surface area (Å²) in [6.07, 6.45) is 4.30. The second-order valence-corrected chi connectivity index (χ2v) is 5.93. The van der Waals surface area contributed by atoms with Crippen molar-refractivity contribution in [3.63, 3.8) is 0 Å². The fourth-order valence-corrected chi connectivity index (χ4v) is 2.97. The van der Waals surface area contributed by atoms with Gasteiger partial charge < -0.3 is 5.32 Å². The van der Waals surface area contributed by atoms with Crippen LogP contribution in [0.3, 0.4) is 0 Å². The third-order valence-electron chi connectivity index (χ3n) is 4.17. The van der Waals surface area contributed by atoms with Gasteiger partial charge in [0, 0.05) is 18.2 Å². The van der Waals surface area contributed by atoms with Gasteiger partial charge in [0.05, 0.1) is 4.92 Å². The van der Waals surface area contributed by atoms with Gasteiger partial charge in [0.25, 0.3) is 5.69 Å². The van der Waals surface area contributed by atoms with E-state index in [0.717, 1.165) is 25.3 Å². The molecular weight excluding hydrogens is 259 g/mol. The van der Waals surface area contributed by atoms with E-state index in [1.165, 1.54) is 18.6 Å². The SMILES string of the molecule is CC(C)C1CCCC(Nc2cc(F)ccc2[N+](=O)[O-])C1. The molecule has 1 N–H and O–H groups in total. The zero-order chi connectivity index (χ0) is 14.7. The van der Waals surface area contributed by atoms with Gasteiger partial charge in [-0.1, -0.05) is 26.7 Å². The first-order valence-electron chi connectivity index (χ1n) is 7.18. The van der Waals surface area contributed by atoms with Crippen molar-refractivity contribution in [1.82, 2.24) is 0 Å². The van der Waals surface area contributed by atoms with E-state index in [0.29, 0.717) is 17.5 Å². The van der Waals surface area contributed by atoms with Crippen LogP contribution in [0.5, 0.6) is 0 Å². The molecule has 110 valence electrons. The monoisotopic (exact) mass is 280 g/mol. The molecule has 0 radical (unpaired) electrons. The number of anilines is 1. The molecule has 4 nitrogen and oxygen atoms in total. The van der Waals surface area contributed by atoms with Crippen LogP contribution in [-0.2, 0) is 0 Å². The summed E-state index contributed by atoms with van der Waals surface area (Å²) < 4.78 is 13.3. The number of nitrogens with zero attached hydrogens (tertiary/aromatic N) is 1. The summed E-state index contributed by atoms with van der Waals surface area (Å²) in [7, 11) is 0. The molecule has 2 rings (SSSR count). The highest BCUT2D eigenvalue weighted by molar-refractivity contribution is 5.61. The summed E-state index contributed by atoms with van der Waals surface area (Å²) >= 11 is 0. The Labute approximate surface area is 118 Å². The Bertz CT molecular complexity index is 491. The number of nitro groups is 1. The maximum atomic E-state index is 13.3. The van der Waals surface area contributed by atoms with E-state index in [1.54, 1.807) is 0 Å². The molecule has 1 aromatic rings. The minimum atomic E-state index is -0.468. The van der Waals surface area contributed by atoms with Crippen LogP contribution in [0.15, 0.2) is 18.2 Å². The molecule has 0 bridgehead atoms. The molecule has 0 aromatic heterocycles. The van der Waals surface area contributed by atoms with Crippen LogP contribution in [0, 0.1) is 27.8 Å². The summed E-state index contributed by atoms with van der Waals surface area (Å²) in [6, 6.07) is 3.76. The van der Waals surface area contributed by atoms with Crippen molar-refractivity contribution >= 4 is 11.4 Å². The largest absolute Gasteiger partial charge is 0.377 e. The number of hydrogen-bond acceptors (Lipinski definition) is 3. The van der Waals surface area contributed by atoms with Gasteiger partial charge in [-0.3, -0.25) is 10.1 Å². The van der Waals surface area contributed by atoms with Gasteiger partial charge >= 0.3 is 0 Å². The Kier molecular flexibility index (Phi) is 4.57. The number of nitrogens with one attached hydrogen (secondary N) is 1. The van der Waals surface area contributed by atoms with Crippen LogP contribution >= 0.6 is 0 Å². The Morgan fingerprint density at radius 2 is 2.15 bits per heavy atom. The molecule has 0 spiro atoms. The van der Waals surface area contributed by atoms with E-state index < -0.39 is 10.7 Å². The molecule has 1 aliphatic rings. The summed E-state index contributed by atoms with van der Waals surface area (Å²) in [5, 5.41) is 14.2. The second-order valence-electron chi connectivity index (χ2n) is 5.93. The molecule has 5 heteroatoms. The quantitative estimate of drug-likeness (QED) is 0.658. The Morgan fingerprint density at radius 3 is 2.80 bits per heavy atom. The lowest BCUT2D eigenvalue weighted by Crippen LogP contribution is -2.29. The van der Waals surface area contributed by atoms with Crippen LogP contribution in [0.25, 0.3) is 0 Å². The van der Waals surface area contributed by atoms with Crippen LogP contribution in [0.4, 0.5) is 15.8 Å². The number of nitro benzene ring substituents is 1. The van der Waals surface area contributed by atoms with Crippen molar-refractivity contribution < 1.29 is 9.31 Å². The topological polar surface area (TPSA) is 55.2 Å². The minimum Gasteiger partial charge on any atom is -0.377 e. The van der Waals surface area contributed by atoms with Gasteiger partial charge in [0.15, 0.2) is 0 Å². The van der Waals surface area contributed by atoms with Crippen LogP contribution in [-0.4, -0.2) is 11.0 Å². The van der Waals surface area contributed by atoms with Gasteiger partial charge in [-0.05, 0) is 30.7 Å². The molecule has 0 amide bonds. The van der Waals surface area contributed by atoms with E-state index in [-0.39, 0.29) is 11.7 Å². The Morgan fingerprint density at radius 1 is 1.40 bits per heavy atom. The fraction of sp³-hybridized carbons (Fsp3) is 0.600. The smallest absolute Gasteiger partial charge is 0.292 e.